The molecule has 0 amide bonds. The fourth-order valence-electron chi connectivity index (χ4n) is 2.86. The molecule has 3 rings (SSSR count). The zero-order valence-corrected chi connectivity index (χ0v) is 16.1. The van der Waals surface area contributed by atoms with Crippen molar-refractivity contribution in [3.05, 3.63) is 57.6 Å². The third-order valence-corrected chi connectivity index (χ3v) is 6.50. The molecule has 2 heterocycles. The zero-order valence-electron chi connectivity index (χ0n) is 14.4. The van der Waals surface area contributed by atoms with Crippen molar-refractivity contribution in [3.63, 3.8) is 0 Å². The van der Waals surface area contributed by atoms with E-state index in [1.54, 1.807) is 43.0 Å². The number of hydrogen-bond acceptors (Lipinski definition) is 7. The highest BCUT2D eigenvalue weighted by molar-refractivity contribution is 7.99. The number of aryl methyl sites for hydroxylation is 1. The summed E-state index contributed by atoms with van der Waals surface area (Å²) in [5, 5.41) is 10.2. The standard InChI is InChI=1S/C18H19NO5S2/c1-11-9-15(20)17(18(21)24-11)14-10-16(25-8-7-19-14)12-3-5-13(6-4-12)26(2,22)23/h3-6,9,16,20H,7-8,10H2,1-2H3. The van der Waals surface area contributed by atoms with E-state index < -0.39 is 15.5 Å². The Morgan fingerprint density at radius 3 is 2.58 bits per heavy atom. The van der Waals surface area contributed by atoms with Crippen LogP contribution in [0.4, 0.5) is 0 Å². The summed E-state index contributed by atoms with van der Waals surface area (Å²) < 4.78 is 28.3. The first-order valence-electron chi connectivity index (χ1n) is 8.05. The third kappa shape index (κ3) is 4.02. The second-order valence-corrected chi connectivity index (χ2v) is 9.46. The first-order chi connectivity index (χ1) is 12.3. The van der Waals surface area contributed by atoms with Crippen LogP contribution in [0.1, 0.15) is 28.6 Å². The highest BCUT2D eigenvalue weighted by Crippen LogP contribution is 2.36. The van der Waals surface area contributed by atoms with Gasteiger partial charge < -0.3 is 9.52 Å². The second-order valence-electron chi connectivity index (χ2n) is 6.14. The quantitative estimate of drug-likeness (QED) is 0.861. The molecule has 1 atom stereocenters. The molecule has 0 saturated heterocycles. The number of hydrogen-bond donors (Lipinski definition) is 1. The highest BCUT2D eigenvalue weighted by atomic mass is 32.2. The molecule has 138 valence electrons. The van der Waals surface area contributed by atoms with Gasteiger partial charge in [-0.25, -0.2) is 13.2 Å². The van der Waals surface area contributed by atoms with Crippen molar-refractivity contribution in [1.29, 1.82) is 0 Å². The number of benzene rings is 1. The maximum Gasteiger partial charge on any atom is 0.348 e. The first kappa shape index (κ1) is 18.7. The number of aromatic hydroxyl groups is 1. The van der Waals surface area contributed by atoms with E-state index in [-0.39, 0.29) is 21.5 Å². The highest BCUT2D eigenvalue weighted by Gasteiger charge is 2.24. The molecule has 0 aliphatic carbocycles. The van der Waals surface area contributed by atoms with Gasteiger partial charge in [0, 0.05) is 36.3 Å². The Kier molecular flexibility index (Phi) is 5.24. The van der Waals surface area contributed by atoms with Crippen molar-refractivity contribution in [1.82, 2.24) is 0 Å². The maximum absolute atomic E-state index is 12.2. The van der Waals surface area contributed by atoms with E-state index >= 15 is 0 Å². The number of sulfone groups is 1. The van der Waals surface area contributed by atoms with Crippen molar-refractivity contribution in [2.75, 3.05) is 18.6 Å². The predicted molar refractivity (Wildman–Crippen MR) is 102 cm³/mol. The number of aliphatic imine (C=N–C) groups is 1. The van der Waals surface area contributed by atoms with Gasteiger partial charge in [0.1, 0.15) is 17.1 Å². The Morgan fingerprint density at radius 2 is 1.96 bits per heavy atom. The van der Waals surface area contributed by atoms with Crippen LogP contribution in [0.5, 0.6) is 5.75 Å². The van der Waals surface area contributed by atoms with Crippen LogP contribution in [0, 0.1) is 6.92 Å². The average Bonchev–Trinajstić information content (AvgIpc) is 2.79. The summed E-state index contributed by atoms with van der Waals surface area (Å²) in [4.78, 5) is 16.9. The van der Waals surface area contributed by atoms with E-state index in [0.29, 0.717) is 24.4 Å². The summed E-state index contributed by atoms with van der Waals surface area (Å²) >= 11 is 1.69. The number of thioether (sulfide) groups is 1. The van der Waals surface area contributed by atoms with Crippen LogP contribution < -0.4 is 5.63 Å². The van der Waals surface area contributed by atoms with Gasteiger partial charge in [0.05, 0.1) is 10.6 Å². The number of nitrogens with zero attached hydrogens (tertiary/aromatic N) is 1. The minimum absolute atomic E-state index is 0.00460. The van der Waals surface area contributed by atoms with Gasteiger partial charge in [-0.1, -0.05) is 12.1 Å². The summed E-state index contributed by atoms with van der Waals surface area (Å²) in [6.45, 7) is 2.13. The van der Waals surface area contributed by atoms with E-state index in [2.05, 4.69) is 4.99 Å². The summed E-state index contributed by atoms with van der Waals surface area (Å²) in [7, 11) is -3.24. The molecule has 1 aromatic heterocycles. The van der Waals surface area contributed by atoms with Crippen molar-refractivity contribution in [2.24, 2.45) is 4.99 Å². The van der Waals surface area contributed by atoms with E-state index in [1.165, 1.54) is 12.3 Å². The molecule has 6 nitrogen and oxygen atoms in total. The molecule has 0 saturated carbocycles. The Morgan fingerprint density at radius 1 is 1.27 bits per heavy atom. The third-order valence-electron chi connectivity index (χ3n) is 4.11. The summed E-state index contributed by atoms with van der Waals surface area (Å²) in [6.07, 6.45) is 1.62. The molecule has 2 aromatic rings. The molecular formula is C18H19NO5S2. The van der Waals surface area contributed by atoms with Crippen molar-refractivity contribution >= 4 is 27.3 Å². The summed E-state index contributed by atoms with van der Waals surface area (Å²) in [6, 6.07) is 8.16. The predicted octanol–water partition coefficient (Wildman–Crippen LogP) is 2.72. The van der Waals surface area contributed by atoms with E-state index in [1.807, 2.05) is 0 Å². The lowest BCUT2D eigenvalue weighted by atomic mass is 10.0. The molecule has 1 unspecified atom stereocenters. The van der Waals surface area contributed by atoms with Crippen molar-refractivity contribution in [3.8, 4) is 5.75 Å². The van der Waals surface area contributed by atoms with E-state index in [4.69, 9.17) is 4.42 Å². The number of rotatable bonds is 3. The smallest absolute Gasteiger partial charge is 0.348 e. The Bertz CT molecular complexity index is 1010. The molecule has 0 radical (unpaired) electrons. The second kappa shape index (κ2) is 7.28. The molecule has 1 aliphatic heterocycles. The Hall–Kier alpha value is -2.06. The van der Waals surface area contributed by atoms with Crippen LogP contribution in [0.2, 0.25) is 0 Å². The Labute approximate surface area is 155 Å². The minimum atomic E-state index is -3.24. The van der Waals surface area contributed by atoms with Gasteiger partial charge in [-0.2, -0.15) is 11.8 Å². The molecule has 0 fully saturated rings. The Balaban J connectivity index is 1.93. The summed E-state index contributed by atoms with van der Waals surface area (Å²) in [5.74, 6) is 0.975. The molecule has 0 bridgehead atoms. The van der Waals surface area contributed by atoms with Gasteiger partial charge in [-0.15, -0.1) is 0 Å². The van der Waals surface area contributed by atoms with Crippen LogP contribution in [0.15, 0.2) is 49.4 Å². The molecule has 0 spiro atoms. The SMILES string of the molecule is Cc1cc(O)c(C2=NCCSC(c3ccc(S(C)(=O)=O)cc3)C2)c(=O)o1. The van der Waals surface area contributed by atoms with E-state index in [9.17, 15) is 18.3 Å². The molecule has 26 heavy (non-hydrogen) atoms. The lowest BCUT2D eigenvalue weighted by molar-refractivity contribution is 0.432. The van der Waals surface area contributed by atoms with Gasteiger partial charge in [0.25, 0.3) is 0 Å². The molecule has 8 heteroatoms. The average molecular weight is 393 g/mol. The van der Waals surface area contributed by atoms with Crippen LogP contribution in [-0.4, -0.2) is 37.8 Å². The lowest BCUT2D eigenvalue weighted by Gasteiger charge is -2.16. The fraction of sp³-hybridized carbons (Fsp3) is 0.333. The fourth-order valence-corrected chi connectivity index (χ4v) is 4.60. The van der Waals surface area contributed by atoms with Crippen LogP contribution in [0.3, 0.4) is 0 Å². The molecule has 1 aromatic carbocycles. The molecular weight excluding hydrogens is 374 g/mol. The van der Waals surface area contributed by atoms with Gasteiger partial charge in [0.2, 0.25) is 0 Å². The normalized spacial score (nSPS) is 18.2. The largest absolute Gasteiger partial charge is 0.507 e. The van der Waals surface area contributed by atoms with E-state index in [0.717, 1.165) is 11.3 Å². The van der Waals surface area contributed by atoms with Crippen LogP contribution >= 0.6 is 11.8 Å². The topological polar surface area (TPSA) is 96.9 Å². The van der Waals surface area contributed by atoms with Gasteiger partial charge >= 0.3 is 5.63 Å². The van der Waals surface area contributed by atoms with Gasteiger partial charge in [0.15, 0.2) is 9.84 Å². The zero-order chi connectivity index (χ0) is 18.9. The minimum Gasteiger partial charge on any atom is -0.507 e. The molecule has 1 aliphatic rings. The monoisotopic (exact) mass is 393 g/mol. The van der Waals surface area contributed by atoms with Crippen LogP contribution in [-0.2, 0) is 9.84 Å². The van der Waals surface area contributed by atoms with Crippen LogP contribution in [0.25, 0.3) is 0 Å². The maximum atomic E-state index is 12.2. The van der Waals surface area contributed by atoms with Gasteiger partial charge in [-0.3, -0.25) is 4.99 Å². The molecule has 1 N–H and O–H groups in total. The van der Waals surface area contributed by atoms with Crippen molar-refractivity contribution in [2.45, 2.75) is 23.5 Å². The first-order valence-corrected chi connectivity index (χ1v) is 11.0. The lowest BCUT2D eigenvalue weighted by Crippen LogP contribution is -2.17. The van der Waals surface area contributed by atoms with Crippen molar-refractivity contribution < 1.29 is 17.9 Å². The summed E-state index contributed by atoms with van der Waals surface area (Å²) in [5.41, 5.74) is 0.974. The van der Waals surface area contributed by atoms with Gasteiger partial charge in [-0.05, 0) is 24.6 Å².